The predicted octanol–water partition coefficient (Wildman–Crippen LogP) is 4.23. The molecule has 0 radical (unpaired) electrons. The zero-order chi connectivity index (χ0) is 22.0. The van der Waals surface area contributed by atoms with E-state index in [0.717, 1.165) is 44.6 Å². The first-order valence-electron chi connectivity index (χ1n) is 10.5. The zero-order valence-corrected chi connectivity index (χ0v) is 18.3. The Bertz CT molecular complexity index is 1640. The fourth-order valence-electron chi connectivity index (χ4n) is 4.98. The van der Waals surface area contributed by atoms with Crippen LogP contribution in [0.5, 0.6) is 0 Å². The molecule has 32 heavy (non-hydrogen) atoms. The molecule has 5 aromatic rings. The van der Waals surface area contributed by atoms with Crippen LogP contribution < -0.4 is 4.72 Å². The van der Waals surface area contributed by atoms with Crippen molar-refractivity contribution in [1.29, 1.82) is 0 Å². The van der Waals surface area contributed by atoms with Crippen LogP contribution in [-0.4, -0.2) is 29.9 Å². The molecule has 160 valence electrons. The lowest BCUT2D eigenvalue weighted by atomic mass is 10.1. The van der Waals surface area contributed by atoms with Crippen LogP contribution in [0.25, 0.3) is 32.7 Å². The number of rotatable bonds is 4. The minimum Gasteiger partial charge on any atom is -0.343 e. The summed E-state index contributed by atoms with van der Waals surface area (Å²) in [5.41, 5.74) is 4.68. The van der Waals surface area contributed by atoms with Crippen LogP contribution in [-0.2, 0) is 23.1 Å². The lowest BCUT2D eigenvalue weighted by Gasteiger charge is -2.19. The van der Waals surface area contributed by atoms with Crippen molar-refractivity contribution in [2.24, 2.45) is 0 Å². The standard InChI is InChI=1S/C25H21N3O3S/c1-16-6-8-19(9-7-16)32(30,31)26-18-13-27-12-17(15-29)20-10-11-22-21-4-2-3-5-23(21)28(14-18)25(22)24(20)27/h2-12,15,18,26H,13-14H2,1H3. The van der Waals surface area contributed by atoms with Crippen LogP contribution in [0.3, 0.4) is 0 Å². The molecule has 0 spiro atoms. The predicted molar refractivity (Wildman–Crippen MR) is 126 cm³/mol. The van der Waals surface area contributed by atoms with Gasteiger partial charge in [-0.2, -0.15) is 0 Å². The second-order valence-corrected chi connectivity index (χ2v) is 10.2. The smallest absolute Gasteiger partial charge is 0.240 e. The van der Waals surface area contributed by atoms with Gasteiger partial charge in [-0.05, 0) is 25.1 Å². The highest BCUT2D eigenvalue weighted by atomic mass is 32.2. The third kappa shape index (κ3) is 2.75. The number of carbonyl (C=O) groups is 1. The summed E-state index contributed by atoms with van der Waals surface area (Å²) in [5.74, 6) is 0. The Kier molecular flexibility index (Phi) is 4.09. The number of aromatic nitrogens is 2. The first kappa shape index (κ1) is 19.3. The Morgan fingerprint density at radius 2 is 1.66 bits per heavy atom. The van der Waals surface area contributed by atoms with Gasteiger partial charge in [0.2, 0.25) is 10.0 Å². The molecule has 3 aromatic carbocycles. The van der Waals surface area contributed by atoms with Gasteiger partial charge in [0.05, 0.1) is 22.0 Å². The van der Waals surface area contributed by atoms with Crippen molar-refractivity contribution in [2.45, 2.75) is 31.0 Å². The normalized spacial score (nSPS) is 16.2. The number of para-hydroxylation sites is 1. The van der Waals surface area contributed by atoms with Gasteiger partial charge in [-0.3, -0.25) is 4.79 Å². The topological polar surface area (TPSA) is 73.1 Å². The maximum atomic E-state index is 13.2. The second kappa shape index (κ2) is 6.79. The van der Waals surface area contributed by atoms with E-state index in [1.807, 2.05) is 35.9 Å². The molecular weight excluding hydrogens is 422 g/mol. The highest BCUT2D eigenvalue weighted by molar-refractivity contribution is 7.89. The summed E-state index contributed by atoms with van der Waals surface area (Å²) in [6, 6.07) is 18.7. The van der Waals surface area contributed by atoms with Crippen molar-refractivity contribution in [3.63, 3.8) is 0 Å². The van der Waals surface area contributed by atoms with Crippen molar-refractivity contribution in [1.82, 2.24) is 13.9 Å². The van der Waals surface area contributed by atoms with Gasteiger partial charge >= 0.3 is 0 Å². The molecule has 0 saturated carbocycles. The molecule has 0 saturated heterocycles. The fourth-order valence-corrected chi connectivity index (χ4v) is 6.19. The van der Waals surface area contributed by atoms with Gasteiger partial charge in [0.1, 0.15) is 0 Å². The molecule has 1 aliphatic rings. The van der Waals surface area contributed by atoms with E-state index in [9.17, 15) is 13.2 Å². The third-order valence-corrected chi connectivity index (χ3v) is 7.94. The average molecular weight is 444 g/mol. The quantitative estimate of drug-likeness (QED) is 0.423. The maximum absolute atomic E-state index is 13.2. The summed E-state index contributed by atoms with van der Waals surface area (Å²) < 4.78 is 33.4. The lowest BCUT2D eigenvalue weighted by Crippen LogP contribution is -2.40. The molecule has 6 rings (SSSR count). The molecule has 0 bridgehead atoms. The van der Waals surface area contributed by atoms with Gasteiger partial charge < -0.3 is 9.13 Å². The summed E-state index contributed by atoms with van der Waals surface area (Å²) in [7, 11) is -3.70. The van der Waals surface area contributed by atoms with E-state index >= 15 is 0 Å². The largest absolute Gasteiger partial charge is 0.343 e. The summed E-state index contributed by atoms with van der Waals surface area (Å²) >= 11 is 0. The summed E-state index contributed by atoms with van der Waals surface area (Å²) in [6.07, 6.45) is 2.70. The van der Waals surface area contributed by atoms with E-state index in [4.69, 9.17) is 0 Å². The van der Waals surface area contributed by atoms with E-state index in [-0.39, 0.29) is 10.9 Å². The number of sulfonamides is 1. The first-order valence-corrected chi connectivity index (χ1v) is 12.0. The van der Waals surface area contributed by atoms with Crippen LogP contribution >= 0.6 is 0 Å². The minimum atomic E-state index is -3.70. The number of nitrogens with one attached hydrogen (secondary N) is 1. The van der Waals surface area contributed by atoms with Crippen molar-refractivity contribution in [2.75, 3.05) is 0 Å². The van der Waals surface area contributed by atoms with Crippen LogP contribution in [0.2, 0.25) is 0 Å². The van der Waals surface area contributed by atoms with Crippen molar-refractivity contribution >= 4 is 49.0 Å². The SMILES string of the molecule is Cc1ccc(S(=O)(=O)NC2Cn3cc(C=O)c4ccc5c6ccccc6n(c5c43)C2)cc1. The van der Waals surface area contributed by atoms with E-state index < -0.39 is 10.0 Å². The van der Waals surface area contributed by atoms with Crippen molar-refractivity contribution in [3.8, 4) is 0 Å². The molecule has 6 nitrogen and oxygen atoms in total. The van der Waals surface area contributed by atoms with Crippen molar-refractivity contribution in [3.05, 3.63) is 78.0 Å². The highest BCUT2D eigenvalue weighted by Gasteiger charge is 2.27. The maximum Gasteiger partial charge on any atom is 0.240 e. The Morgan fingerprint density at radius 3 is 2.44 bits per heavy atom. The van der Waals surface area contributed by atoms with Gasteiger partial charge in [-0.25, -0.2) is 13.1 Å². The van der Waals surface area contributed by atoms with E-state index in [1.54, 1.807) is 24.3 Å². The van der Waals surface area contributed by atoms with E-state index in [0.29, 0.717) is 18.7 Å². The number of nitrogens with zero attached hydrogens (tertiary/aromatic N) is 2. The van der Waals surface area contributed by atoms with Crippen molar-refractivity contribution < 1.29 is 13.2 Å². The van der Waals surface area contributed by atoms with Gasteiger partial charge in [-0.1, -0.05) is 48.0 Å². The number of benzene rings is 3. The molecule has 1 N–H and O–H groups in total. The number of hydrogen-bond acceptors (Lipinski definition) is 3. The minimum absolute atomic E-state index is 0.249. The molecule has 0 amide bonds. The summed E-state index contributed by atoms with van der Waals surface area (Å²) in [6.45, 7) is 2.85. The average Bonchev–Trinajstić information content (AvgIpc) is 3.24. The molecule has 1 unspecified atom stereocenters. The zero-order valence-electron chi connectivity index (χ0n) is 17.4. The monoisotopic (exact) mass is 443 g/mol. The molecular formula is C25H21N3O3S. The number of hydrogen-bond donors (Lipinski definition) is 1. The summed E-state index contributed by atoms with van der Waals surface area (Å²) in [5, 5.41) is 3.11. The first-order chi connectivity index (χ1) is 15.5. The second-order valence-electron chi connectivity index (χ2n) is 8.47. The number of fused-ring (bicyclic) bond motifs is 3. The lowest BCUT2D eigenvalue weighted by molar-refractivity contribution is 0.112. The molecule has 3 heterocycles. The molecule has 1 aliphatic heterocycles. The van der Waals surface area contributed by atoms with Gasteiger partial charge in [0.15, 0.2) is 6.29 Å². The van der Waals surface area contributed by atoms with Gasteiger partial charge in [-0.15, -0.1) is 0 Å². The number of aldehydes is 1. The fraction of sp³-hybridized carbons (Fsp3) is 0.160. The molecule has 0 aliphatic carbocycles. The van der Waals surface area contributed by atoms with Crippen LogP contribution in [0.4, 0.5) is 0 Å². The van der Waals surface area contributed by atoms with E-state index in [2.05, 4.69) is 27.5 Å². The van der Waals surface area contributed by atoms with Crippen LogP contribution in [0.15, 0.2) is 71.8 Å². The summed E-state index contributed by atoms with van der Waals surface area (Å²) in [4.78, 5) is 12.0. The molecule has 7 heteroatoms. The Labute approximate surface area is 185 Å². The number of carbonyl (C=O) groups excluding carboxylic acids is 1. The molecule has 1 atom stereocenters. The molecule has 2 aromatic heterocycles. The van der Waals surface area contributed by atoms with Crippen LogP contribution in [0, 0.1) is 6.92 Å². The molecule has 0 fully saturated rings. The Balaban J connectivity index is 1.55. The van der Waals surface area contributed by atoms with Gasteiger partial charge in [0, 0.05) is 46.5 Å². The van der Waals surface area contributed by atoms with E-state index in [1.165, 1.54) is 0 Å². The highest BCUT2D eigenvalue weighted by Crippen LogP contribution is 2.37. The van der Waals surface area contributed by atoms with Gasteiger partial charge in [0.25, 0.3) is 0 Å². The Morgan fingerprint density at radius 1 is 0.906 bits per heavy atom. The Hall–Kier alpha value is -3.42. The number of aryl methyl sites for hydroxylation is 1. The third-order valence-electron chi connectivity index (χ3n) is 6.40. The van der Waals surface area contributed by atoms with Crippen LogP contribution in [0.1, 0.15) is 15.9 Å².